The van der Waals surface area contributed by atoms with Gasteiger partial charge in [0, 0.05) is 0 Å². The minimum Gasteiger partial charge on any atom is -0.205 e. The van der Waals surface area contributed by atoms with Gasteiger partial charge in [0.1, 0.15) is 5.82 Å². The molecule has 0 atom stereocenters. The second-order valence-corrected chi connectivity index (χ2v) is 5.23. The van der Waals surface area contributed by atoms with Crippen molar-refractivity contribution >= 4 is 34.2 Å². The van der Waals surface area contributed by atoms with Gasteiger partial charge in [-0.05, 0) is 53.0 Å². The van der Waals surface area contributed by atoms with Gasteiger partial charge >= 0.3 is 0 Å². The van der Waals surface area contributed by atoms with Crippen LogP contribution in [0.5, 0.6) is 0 Å². The molecule has 14 heavy (non-hydrogen) atoms. The molecular weight excluding hydrogens is 313 g/mol. The molecule has 1 aliphatic rings. The number of benzene rings is 1. The Bertz CT molecular complexity index is 345. The van der Waals surface area contributed by atoms with Gasteiger partial charge in [0.25, 0.3) is 0 Å². The monoisotopic (exact) mass is 324 g/mol. The van der Waals surface area contributed by atoms with Crippen molar-refractivity contribution in [2.75, 3.05) is 0 Å². The number of halogens is 3. The van der Waals surface area contributed by atoms with Gasteiger partial charge in [-0.2, -0.15) is 0 Å². The molecule has 1 saturated carbocycles. The van der Waals surface area contributed by atoms with Crippen LogP contribution in [0, 0.1) is 9.39 Å². The van der Waals surface area contributed by atoms with E-state index in [2.05, 4.69) is 0 Å². The average Bonchev–Trinajstić information content (AvgIpc) is 2.67. The Morgan fingerprint density at radius 2 is 1.93 bits per heavy atom. The molecule has 1 aromatic rings. The van der Waals surface area contributed by atoms with Gasteiger partial charge in [-0.15, -0.1) is 0 Å². The summed E-state index contributed by atoms with van der Waals surface area (Å²) in [5.74, 6) is 0.311. The Morgan fingerprint density at radius 3 is 2.57 bits per heavy atom. The molecule has 3 heteroatoms. The first-order valence-electron chi connectivity index (χ1n) is 4.83. The minimum absolute atomic E-state index is 0.106. The first-order valence-corrected chi connectivity index (χ1v) is 6.29. The summed E-state index contributed by atoms with van der Waals surface area (Å²) < 4.78 is 14.4. The Hall–Kier alpha value is 0.170. The van der Waals surface area contributed by atoms with Crippen LogP contribution in [0.25, 0.3) is 0 Å². The van der Waals surface area contributed by atoms with Crippen molar-refractivity contribution in [1.82, 2.24) is 0 Å². The molecule has 0 spiro atoms. The highest BCUT2D eigenvalue weighted by molar-refractivity contribution is 14.1. The lowest BCUT2D eigenvalue weighted by Gasteiger charge is -2.12. The van der Waals surface area contributed by atoms with Crippen molar-refractivity contribution in [3.63, 3.8) is 0 Å². The molecule has 0 aliphatic heterocycles. The third-order valence-electron chi connectivity index (χ3n) is 2.86. The van der Waals surface area contributed by atoms with E-state index in [-0.39, 0.29) is 5.82 Å². The number of rotatable bonds is 1. The third-order valence-corrected chi connectivity index (χ3v) is 4.55. The van der Waals surface area contributed by atoms with E-state index < -0.39 is 0 Å². The molecule has 0 N–H and O–H groups in total. The van der Waals surface area contributed by atoms with Crippen LogP contribution in [-0.2, 0) is 0 Å². The smallest absolute Gasteiger partial charge is 0.141 e. The molecule has 0 aromatic heterocycles. The fraction of sp³-hybridized carbons (Fsp3) is 0.455. The molecule has 76 valence electrons. The predicted molar refractivity (Wildman–Crippen MR) is 65.3 cm³/mol. The zero-order valence-corrected chi connectivity index (χ0v) is 10.6. The average molecular weight is 325 g/mol. The summed E-state index contributed by atoms with van der Waals surface area (Å²) in [7, 11) is 0. The Morgan fingerprint density at radius 1 is 1.29 bits per heavy atom. The van der Waals surface area contributed by atoms with E-state index in [1.165, 1.54) is 12.8 Å². The molecule has 0 radical (unpaired) electrons. The van der Waals surface area contributed by atoms with Crippen molar-refractivity contribution in [3.05, 3.63) is 32.1 Å². The van der Waals surface area contributed by atoms with Crippen LogP contribution in [0.3, 0.4) is 0 Å². The fourth-order valence-electron chi connectivity index (χ4n) is 2.09. The Kier molecular flexibility index (Phi) is 3.32. The molecule has 1 aliphatic carbocycles. The van der Waals surface area contributed by atoms with Gasteiger partial charge in [-0.1, -0.05) is 30.5 Å². The van der Waals surface area contributed by atoms with Gasteiger partial charge in [-0.25, -0.2) is 4.39 Å². The van der Waals surface area contributed by atoms with Gasteiger partial charge in [0.05, 0.1) is 8.59 Å². The van der Waals surface area contributed by atoms with Crippen LogP contribution in [0.4, 0.5) is 4.39 Å². The van der Waals surface area contributed by atoms with E-state index in [4.69, 9.17) is 11.6 Å². The van der Waals surface area contributed by atoms with Crippen molar-refractivity contribution in [2.24, 2.45) is 0 Å². The van der Waals surface area contributed by atoms with Crippen LogP contribution in [0.2, 0.25) is 5.02 Å². The van der Waals surface area contributed by atoms with Gasteiger partial charge in [-0.3, -0.25) is 0 Å². The molecule has 0 nitrogen and oxygen atoms in total. The third kappa shape index (κ3) is 1.91. The van der Waals surface area contributed by atoms with E-state index in [1.807, 2.05) is 28.7 Å². The molecule has 0 unspecified atom stereocenters. The van der Waals surface area contributed by atoms with E-state index in [0.717, 1.165) is 18.4 Å². The molecule has 0 amide bonds. The summed E-state index contributed by atoms with van der Waals surface area (Å²) in [6.45, 7) is 0. The normalized spacial score (nSPS) is 17.6. The van der Waals surface area contributed by atoms with Gasteiger partial charge in [0.15, 0.2) is 0 Å². The van der Waals surface area contributed by atoms with Gasteiger partial charge < -0.3 is 0 Å². The standard InChI is InChI=1S/C11H11ClFI/c12-9-6-5-8(10(13)11(9)14)7-3-1-2-4-7/h5-7H,1-4H2. The van der Waals surface area contributed by atoms with Crippen molar-refractivity contribution in [1.29, 1.82) is 0 Å². The molecule has 0 saturated heterocycles. The molecule has 1 fully saturated rings. The van der Waals surface area contributed by atoms with E-state index in [9.17, 15) is 4.39 Å². The molecule has 0 heterocycles. The summed E-state index contributed by atoms with van der Waals surface area (Å²) in [5, 5.41) is 0.518. The van der Waals surface area contributed by atoms with Crippen LogP contribution >= 0.6 is 34.2 Å². The maximum absolute atomic E-state index is 13.8. The van der Waals surface area contributed by atoms with Crippen LogP contribution in [-0.4, -0.2) is 0 Å². The fourth-order valence-corrected chi connectivity index (χ4v) is 2.73. The maximum Gasteiger partial charge on any atom is 0.141 e. The zero-order chi connectivity index (χ0) is 10.1. The molecular formula is C11H11ClFI. The lowest BCUT2D eigenvalue weighted by atomic mass is 9.97. The van der Waals surface area contributed by atoms with Crippen molar-refractivity contribution in [3.8, 4) is 0 Å². The highest BCUT2D eigenvalue weighted by Gasteiger charge is 2.22. The first kappa shape index (κ1) is 10.7. The largest absolute Gasteiger partial charge is 0.205 e. The van der Waals surface area contributed by atoms with Crippen LogP contribution < -0.4 is 0 Å². The zero-order valence-electron chi connectivity index (χ0n) is 7.69. The molecule has 1 aromatic carbocycles. The summed E-state index contributed by atoms with van der Waals surface area (Å²) >= 11 is 7.82. The van der Waals surface area contributed by atoms with E-state index in [1.54, 1.807) is 6.07 Å². The quantitative estimate of drug-likeness (QED) is 0.517. The second-order valence-electron chi connectivity index (χ2n) is 3.75. The van der Waals surface area contributed by atoms with Gasteiger partial charge in [0.2, 0.25) is 0 Å². The highest BCUT2D eigenvalue weighted by Crippen LogP contribution is 2.37. The summed E-state index contributed by atoms with van der Waals surface area (Å²) in [6, 6.07) is 3.65. The predicted octanol–water partition coefficient (Wildman–Crippen LogP) is 4.74. The lowest BCUT2D eigenvalue weighted by Crippen LogP contribution is -1.99. The second kappa shape index (κ2) is 4.35. The summed E-state index contributed by atoms with van der Waals surface area (Å²) in [5.41, 5.74) is 0.858. The summed E-state index contributed by atoms with van der Waals surface area (Å²) in [6.07, 6.45) is 4.69. The van der Waals surface area contributed by atoms with Crippen LogP contribution in [0.15, 0.2) is 12.1 Å². The summed E-state index contributed by atoms with van der Waals surface area (Å²) in [4.78, 5) is 0. The maximum atomic E-state index is 13.8. The molecule has 0 bridgehead atoms. The SMILES string of the molecule is Fc1c(C2CCCC2)ccc(Cl)c1I. The molecule has 2 rings (SSSR count). The van der Waals surface area contributed by atoms with Crippen LogP contribution in [0.1, 0.15) is 37.2 Å². The van der Waals surface area contributed by atoms with E-state index in [0.29, 0.717) is 14.5 Å². The Balaban J connectivity index is 2.38. The Labute approximate surface area is 102 Å². The number of hydrogen-bond donors (Lipinski definition) is 0. The highest BCUT2D eigenvalue weighted by atomic mass is 127. The first-order chi connectivity index (χ1) is 6.70. The van der Waals surface area contributed by atoms with E-state index >= 15 is 0 Å². The minimum atomic E-state index is -0.106. The van der Waals surface area contributed by atoms with Crippen molar-refractivity contribution in [2.45, 2.75) is 31.6 Å². The number of hydrogen-bond acceptors (Lipinski definition) is 0. The van der Waals surface area contributed by atoms with Crippen molar-refractivity contribution < 1.29 is 4.39 Å². The topological polar surface area (TPSA) is 0 Å². The lowest BCUT2D eigenvalue weighted by molar-refractivity contribution is 0.574.